The number of nitrogens with zero attached hydrogens (tertiary/aromatic N) is 3. The van der Waals surface area contributed by atoms with Crippen LogP contribution < -0.4 is 5.32 Å². The van der Waals surface area contributed by atoms with Crippen LogP contribution in [0.2, 0.25) is 0 Å². The van der Waals surface area contributed by atoms with Gasteiger partial charge < -0.3 is 5.32 Å². The van der Waals surface area contributed by atoms with Crippen LogP contribution >= 0.6 is 11.6 Å². The van der Waals surface area contributed by atoms with Crippen molar-refractivity contribution >= 4 is 23.1 Å². The molecule has 0 unspecified atom stereocenters. The molecule has 2 aromatic rings. The molecule has 0 aromatic carbocycles. The minimum Gasteiger partial charge on any atom is -0.370 e. The molecule has 1 N–H and O–H groups in total. The van der Waals surface area contributed by atoms with Gasteiger partial charge in [-0.2, -0.15) is 5.10 Å². The number of aromatic nitrogens is 3. The Morgan fingerprint density at radius 3 is 3.21 bits per heavy atom. The smallest absolute Gasteiger partial charge is 0.157 e. The monoisotopic (exact) mass is 210 g/mol. The van der Waals surface area contributed by atoms with Gasteiger partial charge in [0.05, 0.1) is 6.20 Å². The largest absolute Gasteiger partial charge is 0.370 e. The highest BCUT2D eigenvalue weighted by molar-refractivity contribution is 6.17. The summed E-state index contributed by atoms with van der Waals surface area (Å²) in [5.41, 5.74) is 0.848. The molecule has 74 valence electrons. The summed E-state index contributed by atoms with van der Waals surface area (Å²) in [6.07, 6.45) is 4.55. The quantitative estimate of drug-likeness (QED) is 0.618. The molecule has 0 aliphatic carbocycles. The van der Waals surface area contributed by atoms with Gasteiger partial charge in [0.25, 0.3) is 0 Å². The third-order valence-corrected chi connectivity index (χ3v) is 2.14. The maximum atomic E-state index is 5.57. The van der Waals surface area contributed by atoms with E-state index in [1.807, 2.05) is 18.3 Å². The molecule has 0 aliphatic rings. The molecule has 5 heteroatoms. The fraction of sp³-hybridized carbons (Fsp3) is 0.333. The molecule has 0 radical (unpaired) electrons. The van der Waals surface area contributed by atoms with Crippen molar-refractivity contribution in [3.8, 4) is 0 Å². The van der Waals surface area contributed by atoms with Crippen molar-refractivity contribution in [3.05, 3.63) is 24.5 Å². The van der Waals surface area contributed by atoms with Gasteiger partial charge in [0.2, 0.25) is 0 Å². The SMILES string of the molecule is ClCCCNc1ccn2nccc2n1. The van der Waals surface area contributed by atoms with Crippen LogP contribution in [0.15, 0.2) is 24.5 Å². The molecular weight excluding hydrogens is 200 g/mol. The minimum atomic E-state index is 0.669. The molecular formula is C9H11ClN4. The van der Waals surface area contributed by atoms with Gasteiger partial charge in [-0.25, -0.2) is 9.50 Å². The maximum absolute atomic E-state index is 5.57. The molecule has 0 aliphatic heterocycles. The molecule has 4 nitrogen and oxygen atoms in total. The fourth-order valence-corrected chi connectivity index (χ4v) is 1.33. The number of hydrogen-bond acceptors (Lipinski definition) is 3. The first kappa shape index (κ1) is 9.27. The number of anilines is 1. The molecule has 2 heterocycles. The highest BCUT2D eigenvalue weighted by Gasteiger charge is 1.96. The lowest BCUT2D eigenvalue weighted by atomic mass is 10.4. The maximum Gasteiger partial charge on any atom is 0.157 e. The predicted octanol–water partition coefficient (Wildman–Crippen LogP) is 1.77. The molecule has 2 rings (SSSR count). The summed E-state index contributed by atoms with van der Waals surface area (Å²) in [7, 11) is 0. The zero-order valence-corrected chi connectivity index (χ0v) is 8.41. The summed E-state index contributed by atoms with van der Waals surface area (Å²) in [5.74, 6) is 1.53. The molecule has 0 atom stereocenters. The number of halogens is 1. The summed E-state index contributed by atoms with van der Waals surface area (Å²) in [6, 6.07) is 3.76. The summed E-state index contributed by atoms with van der Waals surface area (Å²) >= 11 is 5.57. The normalized spacial score (nSPS) is 10.6. The first-order chi connectivity index (χ1) is 6.90. The lowest BCUT2D eigenvalue weighted by Crippen LogP contribution is -2.04. The second-order valence-corrected chi connectivity index (χ2v) is 3.29. The van der Waals surface area contributed by atoms with Crippen molar-refractivity contribution in [1.29, 1.82) is 0 Å². The topological polar surface area (TPSA) is 42.2 Å². The zero-order chi connectivity index (χ0) is 9.80. The van der Waals surface area contributed by atoms with Crippen LogP contribution in [0.4, 0.5) is 5.82 Å². The lowest BCUT2D eigenvalue weighted by Gasteiger charge is -2.03. The van der Waals surface area contributed by atoms with Crippen molar-refractivity contribution in [1.82, 2.24) is 14.6 Å². The summed E-state index contributed by atoms with van der Waals surface area (Å²) < 4.78 is 1.73. The van der Waals surface area contributed by atoms with Crippen molar-refractivity contribution in [3.63, 3.8) is 0 Å². The van der Waals surface area contributed by atoms with Crippen LogP contribution in [0.5, 0.6) is 0 Å². The number of rotatable bonds is 4. The third kappa shape index (κ3) is 1.96. The number of fused-ring (bicyclic) bond motifs is 1. The van der Waals surface area contributed by atoms with E-state index in [1.54, 1.807) is 10.7 Å². The molecule has 0 amide bonds. The third-order valence-electron chi connectivity index (χ3n) is 1.87. The van der Waals surface area contributed by atoms with Gasteiger partial charge in [-0.05, 0) is 12.5 Å². The Balaban J connectivity index is 2.10. The lowest BCUT2D eigenvalue weighted by molar-refractivity contribution is 0.928. The molecule has 0 fully saturated rings. The van der Waals surface area contributed by atoms with E-state index in [-0.39, 0.29) is 0 Å². The van der Waals surface area contributed by atoms with E-state index >= 15 is 0 Å². The van der Waals surface area contributed by atoms with Crippen LogP contribution in [0.3, 0.4) is 0 Å². The Morgan fingerprint density at radius 2 is 2.36 bits per heavy atom. The number of alkyl halides is 1. The second kappa shape index (κ2) is 4.28. The number of hydrogen-bond donors (Lipinski definition) is 1. The van der Waals surface area contributed by atoms with Crippen molar-refractivity contribution in [2.45, 2.75) is 6.42 Å². The van der Waals surface area contributed by atoms with E-state index in [0.29, 0.717) is 5.88 Å². The molecule has 14 heavy (non-hydrogen) atoms. The Morgan fingerprint density at radius 1 is 1.43 bits per heavy atom. The van der Waals surface area contributed by atoms with E-state index in [4.69, 9.17) is 11.6 Å². The first-order valence-corrected chi connectivity index (χ1v) is 5.04. The number of nitrogens with one attached hydrogen (secondary N) is 1. The van der Waals surface area contributed by atoms with Gasteiger partial charge in [-0.3, -0.25) is 0 Å². The Labute approximate surface area is 86.9 Å². The molecule has 0 saturated heterocycles. The minimum absolute atomic E-state index is 0.669. The van der Waals surface area contributed by atoms with Gasteiger partial charge >= 0.3 is 0 Å². The van der Waals surface area contributed by atoms with E-state index in [9.17, 15) is 0 Å². The van der Waals surface area contributed by atoms with Crippen LogP contribution in [0.25, 0.3) is 5.65 Å². The van der Waals surface area contributed by atoms with Crippen LogP contribution in [-0.4, -0.2) is 27.0 Å². The van der Waals surface area contributed by atoms with Gasteiger partial charge in [0.1, 0.15) is 5.82 Å². The van der Waals surface area contributed by atoms with E-state index in [2.05, 4.69) is 15.4 Å². The Hall–Kier alpha value is -1.29. The van der Waals surface area contributed by atoms with Gasteiger partial charge in [0.15, 0.2) is 5.65 Å². The van der Waals surface area contributed by atoms with Crippen LogP contribution in [-0.2, 0) is 0 Å². The summed E-state index contributed by atoms with van der Waals surface area (Å²) in [5, 5.41) is 7.25. The molecule has 0 bridgehead atoms. The van der Waals surface area contributed by atoms with Gasteiger partial charge in [-0.15, -0.1) is 11.6 Å². The van der Waals surface area contributed by atoms with Crippen molar-refractivity contribution < 1.29 is 0 Å². The molecule has 0 spiro atoms. The standard InChI is InChI=1S/C9H11ClN4/c10-4-1-5-11-8-3-7-14-9(13-8)2-6-12-14/h2-3,6-7H,1,4-5H2,(H,11,13). The molecule has 2 aromatic heterocycles. The Kier molecular flexibility index (Phi) is 2.84. The van der Waals surface area contributed by atoms with E-state index in [0.717, 1.165) is 24.4 Å². The van der Waals surface area contributed by atoms with Crippen LogP contribution in [0, 0.1) is 0 Å². The van der Waals surface area contributed by atoms with Gasteiger partial charge in [-0.1, -0.05) is 0 Å². The zero-order valence-electron chi connectivity index (χ0n) is 7.65. The van der Waals surface area contributed by atoms with E-state index < -0.39 is 0 Å². The van der Waals surface area contributed by atoms with E-state index in [1.165, 1.54) is 0 Å². The summed E-state index contributed by atoms with van der Waals surface area (Å²) in [4.78, 5) is 4.35. The average Bonchev–Trinajstić information content (AvgIpc) is 2.65. The van der Waals surface area contributed by atoms with Crippen LogP contribution in [0.1, 0.15) is 6.42 Å². The van der Waals surface area contributed by atoms with Crippen molar-refractivity contribution in [2.24, 2.45) is 0 Å². The first-order valence-electron chi connectivity index (χ1n) is 4.50. The summed E-state index contributed by atoms with van der Waals surface area (Å²) in [6.45, 7) is 0.848. The predicted molar refractivity (Wildman–Crippen MR) is 56.8 cm³/mol. The highest BCUT2D eigenvalue weighted by atomic mass is 35.5. The Bertz CT molecular complexity index is 412. The highest BCUT2D eigenvalue weighted by Crippen LogP contribution is 2.05. The van der Waals surface area contributed by atoms with Gasteiger partial charge in [0, 0.05) is 24.7 Å². The van der Waals surface area contributed by atoms with Crippen molar-refractivity contribution in [2.75, 3.05) is 17.7 Å². The molecule has 0 saturated carbocycles. The average molecular weight is 211 g/mol. The second-order valence-electron chi connectivity index (χ2n) is 2.92. The fourth-order valence-electron chi connectivity index (χ4n) is 1.19.